The third-order valence-corrected chi connectivity index (χ3v) is 1.74. The molecule has 1 atom stereocenters. The quantitative estimate of drug-likeness (QED) is 0.656. The highest BCUT2D eigenvalue weighted by atomic mass is 19.1. The van der Waals surface area contributed by atoms with Gasteiger partial charge in [0.25, 0.3) is 0 Å². The van der Waals surface area contributed by atoms with Crippen molar-refractivity contribution in [1.29, 1.82) is 0 Å². The van der Waals surface area contributed by atoms with Crippen molar-refractivity contribution in [3.8, 4) is 12.3 Å². The van der Waals surface area contributed by atoms with E-state index < -0.39 is 5.67 Å². The smallest absolute Gasteiger partial charge is 0.207 e. The van der Waals surface area contributed by atoms with E-state index in [4.69, 9.17) is 12.2 Å². The molecule has 0 aliphatic heterocycles. The Kier molecular flexibility index (Phi) is 2.47. The predicted octanol–water partition coefficient (Wildman–Crippen LogP) is 1.44. The molecule has 0 saturated heterocycles. The molecular formula is C10H10FN. The van der Waals surface area contributed by atoms with Crippen LogP contribution in [0.2, 0.25) is 0 Å². The second-order valence-electron chi connectivity index (χ2n) is 2.52. The van der Waals surface area contributed by atoms with Crippen LogP contribution in [0, 0.1) is 12.3 Å². The fourth-order valence-electron chi connectivity index (χ4n) is 0.962. The van der Waals surface area contributed by atoms with E-state index >= 15 is 0 Å². The Labute approximate surface area is 71.4 Å². The Balaban J connectivity index is 3.06. The van der Waals surface area contributed by atoms with E-state index in [0.29, 0.717) is 5.56 Å². The molecule has 0 spiro atoms. The number of hydrogen-bond acceptors (Lipinski definition) is 1. The molecule has 1 aromatic carbocycles. The van der Waals surface area contributed by atoms with Crippen LogP contribution in [0.3, 0.4) is 0 Å². The maximum Gasteiger partial charge on any atom is 0.207 e. The molecule has 0 aromatic heterocycles. The zero-order valence-corrected chi connectivity index (χ0v) is 6.63. The largest absolute Gasteiger partial charge is 0.326 e. The van der Waals surface area contributed by atoms with Crippen LogP contribution in [0.5, 0.6) is 0 Å². The summed E-state index contributed by atoms with van der Waals surface area (Å²) in [6.07, 6.45) is 5.04. The average molecular weight is 163 g/mol. The molecule has 2 heteroatoms. The number of hydrogen-bond donors (Lipinski definition) is 1. The molecule has 1 aromatic rings. The van der Waals surface area contributed by atoms with Crippen molar-refractivity contribution in [1.82, 2.24) is 0 Å². The Hall–Kier alpha value is -1.33. The van der Waals surface area contributed by atoms with E-state index in [0.717, 1.165) is 0 Å². The number of benzene rings is 1. The molecule has 0 aliphatic carbocycles. The Morgan fingerprint density at radius 1 is 1.42 bits per heavy atom. The van der Waals surface area contributed by atoms with Crippen molar-refractivity contribution in [2.24, 2.45) is 5.73 Å². The van der Waals surface area contributed by atoms with Gasteiger partial charge in [-0.15, -0.1) is 6.42 Å². The monoisotopic (exact) mass is 163 g/mol. The van der Waals surface area contributed by atoms with Gasteiger partial charge in [0.1, 0.15) is 0 Å². The highest BCUT2D eigenvalue weighted by Crippen LogP contribution is 2.22. The number of terminal acetylenes is 1. The third kappa shape index (κ3) is 1.46. The van der Waals surface area contributed by atoms with Gasteiger partial charge >= 0.3 is 0 Å². The molecule has 0 fully saturated rings. The number of nitrogens with two attached hydrogens (primary N) is 1. The molecule has 2 N–H and O–H groups in total. The van der Waals surface area contributed by atoms with Crippen LogP contribution in [0.1, 0.15) is 5.56 Å². The fraction of sp³-hybridized carbons (Fsp3) is 0.200. The van der Waals surface area contributed by atoms with Crippen LogP contribution in [0.25, 0.3) is 0 Å². The number of alkyl halides is 1. The third-order valence-electron chi connectivity index (χ3n) is 1.74. The molecule has 1 rings (SSSR count). The predicted molar refractivity (Wildman–Crippen MR) is 47.1 cm³/mol. The summed E-state index contributed by atoms with van der Waals surface area (Å²) < 4.78 is 13.6. The lowest BCUT2D eigenvalue weighted by Gasteiger charge is -2.16. The molecular weight excluding hydrogens is 153 g/mol. The molecule has 0 bridgehead atoms. The van der Waals surface area contributed by atoms with E-state index in [1.54, 1.807) is 30.3 Å². The molecule has 0 heterocycles. The summed E-state index contributed by atoms with van der Waals surface area (Å²) in [6, 6.07) is 8.53. The van der Waals surface area contributed by atoms with Gasteiger partial charge in [-0.3, -0.25) is 0 Å². The molecule has 12 heavy (non-hydrogen) atoms. The van der Waals surface area contributed by atoms with Crippen LogP contribution in [-0.4, -0.2) is 6.54 Å². The van der Waals surface area contributed by atoms with Crippen LogP contribution >= 0.6 is 0 Å². The van der Waals surface area contributed by atoms with Crippen molar-refractivity contribution < 1.29 is 4.39 Å². The summed E-state index contributed by atoms with van der Waals surface area (Å²) in [6.45, 7) is -0.187. The summed E-state index contributed by atoms with van der Waals surface area (Å²) in [5.41, 5.74) is 3.85. The van der Waals surface area contributed by atoms with Gasteiger partial charge in [-0.2, -0.15) is 0 Å². The lowest BCUT2D eigenvalue weighted by atomic mass is 9.97. The minimum Gasteiger partial charge on any atom is -0.326 e. The van der Waals surface area contributed by atoms with Gasteiger partial charge in [0, 0.05) is 12.1 Å². The van der Waals surface area contributed by atoms with Crippen molar-refractivity contribution in [2.45, 2.75) is 5.67 Å². The van der Waals surface area contributed by atoms with Gasteiger partial charge in [0.2, 0.25) is 5.67 Å². The van der Waals surface area contributed by atoms with Gasteiger partial charge in [-0.1, -0.05) is 36.3 Å². The lowest BCUT2D eigenvalue weighted by Crippen LogP contribution is -2.28. The second-order valence-corrected chi connectivity index (χ2v) is 2.52. The molecule has 0 saturated carbocycles. The summed E-state index contributed by atoms with van der Waals surface area (Å²) in [4.78, 5) is 0. The molecule has 62 valence electrons. The van der Waals surface area contributed by atoms with Crippen molar-refractivity contribution in [3.63, 3.8) is 0 Å². The van der Waals surface area contributed by atoms with Gasteiger partial charge in [0.15, 0.2) is 0 Å². The van der Waals surface area contributed by atoms with Crippen molar-refractivity contribution in [3.05, 3.63) is 35.9 Å². The van der Waals surface area contributed by atoms with E-state index in [1.807, 2.05) is 0 Å². The molecule has 1 unspecified atom stereocenters. The first kappa shape index (κ1) is 8.76. The van der Waals surface area contributed by atoms with E-state index in [1.165, 1.54) is 0 Å². The second kappa shape index (κ2) is 3.38. The summed E-state index contributed by atoms with van der Waals surface area (Å²) in [5, 5.41) is 0. The highest BCUT2D eigenvalue weighted by molar-refractivity contribution is 5.30. The van der Waals surface area contributed by atoms with Gasteiger partial charge in [-0.05, 0) is 0 Å². The highest BCUT2D eigenvalue weighted by Gasteiger charge is 2.26. The molecule has 0 radical (unpaired) electrons. The topological polar surface area (TPSA) is 26.0 Å². The average Bonchev–Trinajstić information content (AvgIpc) is 2.18. The maximum absolute atomic E-state index is 13.6. The lowest BCUT2D eigenvalue weighted by molar-refractivity contribution is 0.258. The number of rotatable bonds is 2. The standard InChI is InChI=1S/C10H10FN/c1-2-10(11,8-12)9-6-4-3-5-7-9/h1,3-7H,8,12H2. The zero-order chi connectivity index (χ0) is 9.03. The zero-order valence-electron chi connectivity index (χ0n) is 6.63. The summed E-state index contributed by atoms with van der Waals surface area (Å²) in [5.74, 6) is 2.05. The van der Waals surface area contributed by atoms with Crippen LogP contribution < -0.4 is 5.73 Å². The molecule has 0 amide bonds. The van der Waals surface area contributed by atoms with Crippen LogP contribution in [0.15, 0.2) is 30.3 Å². The molecule has 0 aliphatic rings. The van der Waals surface area contributed by atoms with Crippen LogP contribution in [-0.2, 0) is 5.67 Å². The van der Waals surface area contributed by atoms with Gasteiger partial charge in [0.05, 0.1) is 0 Å². The van der Waals surface area contributed by atoms with Gasteiger partial charge in [-0.25, -0.2) is 4.39 Å². The normalized spacial score (nSPS) is 14.8. The van der Waals surface area contributed by atoms with E-state index in [2.05, 4.69) is 5.92 Å². The first-order valence-corrected chi connectivity index (χ1v) is 3.65. The van der Waals surface area contributed by atoms with Crippen molar-refractivity contribution >= 4 is 0 Å². The fourth-order valence-corrected chi connectivity index (χ4v) is 0.962. The Bertz CT molecular complexity index is 288. The number of halogens is 1. The summed E-state index contributed by atoms with van der Waals surface area (Å²) >= 11 is 0. The Morgan fingerprint density at radius 2 is 2.00 bits per heavy atom. The summed E-state index contributed by atoms with van der Waals surface area (Å²) in [7, 11) is 0. The van der Waals surface area contributed by atoms with E-state index in [9.17, 15) is 4.39 Å². The van der Waals surface area contributed by atoms with Gasteiger partial charge < -0.3 is 5.73 Å². The first-order valence-electron chi connectivity index (χ1n) is 3.65. The Morgan fingerprint density at radius 3 is 2.42 bits per heavy atom. The minimum absolute atomic E-state index is 0.187. The minimum atomic E-state index is -1.82. The SMILES string of the molecule is C#CC(F)(CN)c1ccccc1. The first-order chi connectivity index (χ1) is 5.73. The molecule has 1 nitrogen and oxygen atoms in total. The van der Waals surface area contributed by atoms with Crippen molar-refractivity contribution in [2.75, 3.05) is 6.54 Å². The van der Waals surface area contributed by atoms with E-state index in [-0.39, 0.29) is 6.54 Å². The maximum atomic E-state index is 13.6. The van der Waals surface area contributed by atoms with Crippen LogP contribution in [0.4, 0.5) is 4.39 Å².